The third kappa shape index (κ3) is 3.47. The van der Waals surface area contributed by atoms with Gasteiger partial charge in [-0.3, -0.25) is 14.9 Å². The summed E-state index contributed by atoms with van der Waals surface area (Å²) in [5, 5.41) is 6.16. The normalized spacial score (nSPS) is 19.6. The summed E-state index contributed by atoms with van der Waals surface area (Å²) in [4.78, 5) is 25.7. The van der Waals surface area contributed by atoms with Crippen molar-refractivity contribution in [3.05, 3.63) is 23.8 Å². The standard InChI is InChI=1S/C17H23N3O3/c1-11(18-12(2)17(22)20-7-3-4-8-20)13-5-6-15-14(9-13)19-16(21)10-23-15/h5-6,9,11-12,18H,3-4,7-8,10H2,1-2H3,(H,19,21)/t11-,12+/m0/s1. The molecule has 1 fully saturated rings. The molecular weight excluding hydrogens is 294 g/mol. The zero-order valence-corrected chi connectivity index (χ0v) is 13.6. The summed E-state index contributed by atoms with van der Waals surface area (Å²) in [5.74, 6) is 0.693. The maximum atomic E-state index is 12.4. The first-order valence-corrected chi connectivity index (χ1v) is 8.16. The fourth-order valence-corrected chi connectivity index (χ4v) is 3.12. The Morgan fingerprint density at radius 1 is 1.30 bits per heavy atom. The second-order valence-electron chi connectivity index (χ2n) is 6.23. The molecular formula is C17H23N3O3. The van der Waals surface area contributed by atoms with Crippen molar-refractivity contribution in [3.8, 4) is 5.75 Å². The fraction of sp³-hybridized carbons (Fsp3) is 0.529. The summed E-state index contributed by atoms with van der Waals surface area (Å²) >= 11 is 0. The third-order valence-corrected chi connectivity index (χ3v) is 4.42. The number of ether oxygens (including phenoxy) is 1. The van der Waals surface area contributed by atoms with E-state index in [1.165, 1.54) is 0 Å². The molecule has 3 rings (SSSR count). The van der Waals surface area contributed by atoms with E-state index < -0.39 is 0 Å². The van der Waals surface area contributed by atoms with Gasteiger partial charge in [-0.1, -0.05) is 6.07 Å². The quantitative estimate of drug-likeness (QED) is 0.886. The van der Waals surface area contributed by atoms with Gasteiger partial charge in [0.25, 0.3) is 5.91 Å². The molecule has 1 saturated heterocycles. The number of rotatable bonds is 4. The van der Waals surface area contributed by atoms with Crippen LogP contribution in [0.2, 0.25) is 0 Å². The van der Waals surface area contributed by atoms with Gasteiger partial charge >= 0.3 is 0 Å². The minimum atomic E-state index is -0.232. The molecule has 0 aliphatic carbocycles. The van der Waals surface area contributed by atoms with Crippen molar-refractivity contribution in [1.82, 2.24) is 10.2 Å². The molecule has 2 atom stereocenters. The van der Waals surface area contributed by atoms with Gasteiger partial charge in [-0.15, -0.1) is 0 Å². The Bertz CT molecular complexity index is 611. The smallest absolute Gasteiger partial charge is 0.262 e. The molecule has 0 spiro atoms. The average Bonchev–Trinajstić information content (AvgIpc) is 3.07. The molecule has 1 aromatic carbocycles. The van der Waals surface area contributed by atoms with Gasteiger partial charge in [0, 0.05) is 19.1 Å². The molecule has 2 N–H and O–H groups in total. The van der Waals surface area contributed by atoms with Crippen molar-refractivity contribution in [1.29, 1.82) is 0 Å². The minimum Gasteiger partial charge on any atom is -0.482 e. The van der Waals surface area contributed by atoms with E-state index in [1.54, 1.807) is 0 Å². The Labute approximate surface area is 136 Å². The SMILES string of the molecule is C[C@H](N[C@H](C)C(=O)N1CCCC1)c1ccc2c(c1)NC(=O)CO2. The number of carbonyl (C=O) groups excluding carboxylic acids is 2. The summed E-state index contributed by atoms with van der Waals surface area (Å²) in [6.45, 7) is 5.70. The number of carbonyl (C=O) groups is 2. The van der Waals surface area contributed by atoms with E-state index in [2.05, 4.69) is 10.6 Å². The highest BCUT2D eigenvalue weighted by molar-refractivity contribution is 5.95. The van der Waals surface area contributed by atoms with Crippen LogP contribution in [0, 0.1) is 0 Å². The van der Waals surface area contributed by atoms with Gasteiger partial charge in [0.15, 0.2) is 6.61 Å². The van der Waals surface area contributed by atoms with Gasteiger partial charge < -0.3 is 15.0 Å². The Hall–Kier alpha value is -2.08. The van der Waals surface area contributed by atoms with Crippen LogP contribution in [0.3, 0.4) is 0 Å². The van der Waals surface area contributed by atoms with Crippen LogP contribution < -0.4 is 15.4 Å². The van der Waals surface area contributed by atoms with E-state index in [9.17, 15) is 9.59 Å². The monoisotopic (exact) mass is 317 g/mol. The number of nitrogens with zero attached hydrogens (tertiary/aromatic N) is 1. The number of fused-ring (bicyclic) bond motifs is 1. The number of nitrogens with one attached hydrogen (secondary N) is 2. The fourth-order valence-electron chi connectivity index (χ4n) is 3.12. The summed E-state index contributed by atoms with van der Waals surface area (Å²) in [6, 6.07) is 5.48. The molecule has 6 heteroatoms. The lowest BCUT2D eigenvalue weighted by molar-refractivity contribution is -0.132. The topological polar surface area (TPSA) is 70.7 Å². The van der Waals surface area contributed by atoms with Crippen LogP contribution in [0.25, 0.3) is 0 Å². The van der Waals surface area contributed by atoms with Crippen LogP contribution in [-0.4, -0.2) is 42.5 Å². The van der Waals surface area contributed by atoms with Gasteiger partial charge in [-0.2, -0.15) is 0 Å². The molecule has 2 aliphatic heterocycles. The molecule has 0 bridgehead atoms. The summed E-state index contributed by atoms with van der Waals surface area (Å²) in [7, 11) is 0. The van der Waals surface area contributed by atoms with Crippen LogP contribution in [0.1, 0.15) is 38.3 Å². The first-order chi connectivity index (χ1) is 11.0. The van der Waals surface area contributed by atoms with E-state index in [4.69, 9.17) is 4.74 Å². The average molecular weight is 317 g/mol. The molecule has 2 aliphatic rings. The van der Waals surface area contributed by atoms with Gasteiger partial charge in [-0.25, -0.2) is 0 Å². The highest BCUT2D eigenvalue weighted by atomic mass is 16.5. The van der Waals surface area contributed by atoms with Gasteiger partial charge in [0.1, 0.15) is 5.75 Å². The Balaban J connectivity index is 1.65. The molecule has 124 valence electrons. The predicted octanol–water partition coefficient (Wildman–Crippen LogP) is 1.68. The van der Waals surface area contributed by atoms with Crippen molar-refractivity contribution in [2.24, 2.45) is 0 Å². The summed E-state index contributed by atoms with van der Waals surface area (Å²) in [6.07, 6.45) is 2.19. The lowest BCUT2D eigenvalue weighted by atomic mass is 10.1. The zero-order chi connectivity index (χ0) is 16.4. The Morgan fingerprint density at radius 3 is 2.78 bits per heavy atom. The molecule has 23 heavy (non-hydrogen) atoms. The van der Waals surface area contributed by atoms with Crippen molar-refractivity contribution in [2.75, 3.05) is 25.0 Å². The number of hydrogen-bond donors (Lipinski definition) is 2. The number of benzene rings is 1. The Morgan fingerprint density at radius 2 is 2.04 bits per heavy atom. The zero-order valence-electron chi connectivity index (χ0n) is 13.6. The number of anilines is 1. The van der Waals surface area contributed by atoms with E-state index in [0.717, 1.165) is 31.5 Å². The molecule has 0 unspecified atom stereocenters. The van der Waals surface area contributed by atoms with Gasteiger partial charge in [0.05, 0.1) is 11.7 Å². The van der Waals surface area contributed by atoms with Gasteiger partial charge in [-0.05, 0) is 44.4 Å². The maximum Gasteiger partial charge on any atom is 0.262 e. The minimum absolute atomic E-state index is 0.000631. The van der Waals surface area contributed by atoms with Crippen molar-refractivity contribution in [2.45, 2.75) is 38.8 Å². The van der Waals surface area contributed by atoms with Gasteiger partial charge in [0.2, 0.25) is 5.91 Å². The van der Waals surface area contributed by atoms with Crippen LogP contribution in [0.5, 0.6) is 5.75 Å². The molecule has 0 radical (unpaired) electrons. The van der Waals surface area contributed by atoms with Crippen LogP contribution >= 0.6 is 0 Å². The highest BCUT2D eigenvalue weighted by Crippen LogP contribution is 2.30. The lowest BCUT2D eigenvalue weighted by Crippen LogP contribution is -2.44. The van der Waals surface area contributed by atoms with Crippen molar-refractivity contribution >= 4 is 17.5 Å². The summed E-state index contributed by atoms with van der Waals surface area (Å²) in [5.41, 5.74) is 1.70. The van der Waals surface area contributed by atoms with E-state index in [1.807, 2.05) is 36.9 Å². The Kier molecular flexibility index (Phi) is 4.52. The number of hydrogen-bond acceptors (Lipinski definition) is 4. The molecule has 1 aromatic rings. The van der Waals surface area contributed by atoms with Crippen LogP contribution in [0.15, 0.2) is 18.2 Å². The molecule has 6 nitrogen and oxygen atoms in total. The van der Waals surface area contributed by atoms with E-state index in [0.29, 0.717) is 11.4 Å². The van der Waals surface area contributed by atoms with Crippen molar-refractivity contribution in [3.63, 3.8) is 0 Å². The molecule has 0 saturated carbocycles. The molecule has 2 amide bonds. The predicted molar refractivity (Wildman–Crippen MR) is 87.4 cm³/mol. The first kappa shape index (κ1) is 15.8. The summed E-state index contributed by atoms with van der Waals surface area (Å²) < 4.78 is 5.36. The largest absolute Gasteiger partial charge is 0.482 e. The van der Waals surface area contributed by atoms with E-state index in [-0.39, 0.29) is 30.5 Å². The molecule has 0 aromatic heterocycles. The third-order valence-electron chi connectivity index (χ3n) is 4.42. The van der Waals surface area contributed by atoms with Crippen LogP contribution in [-0.2, 0) is 9.59 Å². The number of amides is 2. The number of likely N-dealkylation sites (tertiary alicyclic amines) is 1. The lowest BCUT2D eigenvalue weighted by Gasteiger charge is -2.25. The molecule has 2 heterocycles. The van der Waals surface area contributed by atoms with Crippen molar-refractivity contribution < 1.29 is 14.3 Å². The maximum absolute atomic E-state index is 12.4. The van der Waals surface area contributed by atoms with Crippen LogP contribution in [0.4, 0.5) is 5.69 Å². The second kappa shape index (κ2) is 6.58. The first-order valence-electron chi connectivity index (χ1n) is 8.16. The highest BCUT2D eigenvalue weighted by Gasteiger charge is 2.25. The van der Waals surface area contributed by atoms with E-state index >= 15 is 0 Å². The second-order valence-corrected chi connectivity index (χ2v) is 6.23.